The summed E-state index contributed by atoms with van der Waals surface area (Å²) in [4.78, 5) is 10.4. The highest BCUT2D eigenvalue weighted by molar-refractivity contribution is 5.58. The quantitative estimate of drug-likeness (QED) is 0.598. The SMILES string of the molecule is CCOc1cc(NCC(C)(C)N)ccc1[N+](=O)[O-]. The molecular formula is C12H19N3O3. The molecule has 6 heteroatoms. The van der Waals surface area contributed by atoms with Crippen molar-refractivity contribution in [2.45, 2.75) is 26.3 Å². The number of nitro benzene ring substituents is 1. The van der Waals surface area contributed by atoms with Gasteiger partial charge in [0.05, 0.1) is 11.5 Å². The van der Waals surface area contributed by atoms with Crippen LogP contribution in [0.3, 0.4) is 0 Å². The fraction of sp³-hybridized carbons (Fsp3) is 0.500. The van der Waals surface area contributed by atoms with E-state index in [-0.39, 0.29) is 17.0 Å². The van der Waals surface area contributed by atoms with Crippen molar-refractivity contribution in [3.63, 3.8) is 0 Å². The summed E-state index contributed by atoms with van der Waals surface area (Å²) in [7, 11) is 0. The number of hydrogen-bond acceptors (Lipinski definition) is 5. The molecule has 0 radical (unpaired) electrons. The van der Waals surface area contributed by atoms with Crippen molar-refractivity contribution in [2.75, 3.05) is 18.5 Å². The second-order valence-electron chi connectivity index (χ2n) is 4.71. The molecule has 6 nitrogen and oxygen atoms in total. The van der Waals surface area contributed by atoms with E-state index >= 15 is 0 Å². The van der Waals surface area contributed by atoms with Crippen LogP contribution in [0.15, 0.2) is 18.2 Å². The number of benzene rings is 1. The van der Waals surface area contributed by atoms with E-state index < -0.39 is 4.92 Å². The van der Waals surface area contributed by atoms with E-state index in [1.165, 1.54) is 6.07 Å². The molecule has 0 saturated carbocycles. The smallest absolute Gasteiger partial charge is 0.311 e. The molecule has 0 heterocycles. The third kappa shape index (κ3) is 4.21. The Morgan fingerprint density at radius 3 is 2.67 bits per heavy atom. The average molecular weight is 253 g/mol. The highest BCUT2D eigenvalue weighted by atomic mass is 16.6. The molecular weight excluding hydrogens is 234 g/mol. The standard InChI is InChI=1S/C12H19N3O3/c1-4-18-11-7-9(14-8-12(2,3)13)5-6-10(11)15(16)17/h5-7,14H,4,8,13H2,1-3H3. The number of nitrogens with two attached hydrogens (primary N) is 1. The van der Waals surface area contributed by atoms with E-state index in [1.807, 2.05) is 13.8 Å². The molecule has 1 aromatic carbocycles. The Kier molecular flexibility index (Phi) is 4.49. The molecule has 0 aliphatic carbocycles. The number of anilines is 1. The molecule has 0 atom stereocenters. The second kappa shape index (κ2) is 5.68. The van der Waals surface area contributed by atoms with Gasteiger partial charge < -0.3 is 15.8 Å². The topological polar surface area (TPSA) is 90.4 Å². The van der Waals surface area contributed by atoms with E-state index in [9.17, 15) is 10.1 Å². The van der Waals surface area contributed by atoms with Crippen LogP contribution in [-0.4, -0.2) is 23.6 Å². The first kappa shape index (κ1) is 14.2. The molecule has 0 aliphatic heterocycles. The largest absolute Gasteiger partial charge is 0.487 e. The molecule has 0 spiro atoms. The van der Waals surface area contributed by atoms with E-state index in [0.717, 1.165) is 5.69 Å². The van der Waals surface area contributed by atoms with Crippen LogP contribution in [0.5, 0.6) is 5.75 Å². The summed E-state index contributed by atoms with van der Waals surface area (Å²) in [6.45, 7) is 6.53. The van der Waals surface area contributed by atoms with E-state index in [1.54, 1.807) is 19.1 Å². The Morgan fingerprint density at radius 1 is 1.50 bits per heavy atom. The first-order valence-electron chi connectivity index (χ1n) is 5.77. The van der Waals surface area contributed by atoms with Crippen LogP contribution in [0.2, 0.25) is 0 Å². The highest BCUT2D eigenvalue weighted by Crippen LogP contribution is 2.30. The van der Waals surface area contributed by atoms with Gasteiger partial charge in [0, 0.05) is 29.9 Å². The van der Waals surface area contributed by atoms with Gasteiger partial charge in [-0.2, -0.15) is 0 Å². The van der Waals surface area contributed by atoms with Crippen LogP contribution in [0.25, 0.3) is 0 Å². The van der Waals surface area contributed by atoms with Gasteiger partial charge in [-0.3, -0.25) is 10.1 Å². The van der Waals surface area contributed by atoms with Gasteiger partial charge in [0.1, 0.15) is 0 Å². The van der Waals surface area contributed by atoms with Gasteiger partial charge in [0.2, 0.25) is 0 Å². The monoisotopic (exact) mass is 253 g/mol. The number of ether oxygens (including phenoxy) is 1. The zero-order valence-electron chi connectivity index (χ0n) is 10.9. The molecule has 0 saturated heterocycles. The Bertz CT molecular complexity index is 427. The first-order chi connectivity index (χ1) is 8.33. The van der Waals surface area contributed by atoms with Gasteiger partial charge in [-0.05, 0) is 26.8 Å². The van der Waals surface area contributed by atoms with Crippen LogP contribution in [0.4, 0.5) is 11.4 Å². The van der Waals surface area contributed by atoms with Crippen molar-refractivity contribution in [3.8, 4) is 5.75 Å². The Labute approximate surface area is 106 Å². The molecule has 100 valence electrons. The second-order valence-corrected chi connectivity index (χ2v) is 4.71. The van der Waals surface area contributed by atoms with Crippen molar-refractivity contribution in [2.24, 2.45) is 5.73 Å². The van der Waals surface area contributed by atoms with Crippen LogP contribution in [0, 0.1) is 10.1 Å². The fourth-order valence-corrected chi connectivity index (χ4v) is 1.38. The zero-order valence-corrected chi connectivity index (χ0v) is 10.9. The summed E-state index contributed by atoms with van der Waals surface area (Å²) in [5, 5.41) is 13.9. The van der Waals surface area contributed by atoms with Crippen molar-refractivity contribution >= 4 is 11.4 Å². The third-order valence-corrected chi connectivity index (χ3v) is 2.20. The summed E-state index contributed by atoms with van der Waals surface area (Å²) >= 11 is 0. The lowest BCUT2D eigenvalue weighted by Crippen LogP contribution is -2.39. The van der Waals surface area contributed by atoms with Gasteiger partial charge in [-0.25, -0.2) is 0 Å². The molecule has 0 aromatic heterocycles. The van der Waals surface area contributed by atoms with E-state index in [0.29, 0.717) is 13.2 Å². The Hall–Kier alpha value is -1.82. The lowest BCUT2D eigenvalue weighted by molar-refractivity contribution is -0.385. The third-order valence-electron chi connectivity index (χ3n) is 2.20. The minimum atomic E-state index is -0.457. The number of nitrogens with one attached hydrogen (secondary N) is 1. The summed E-state index contributed by atoms with van der Waals surface area (Å²) in [6.07, 6.45) is 0. The van der Waals surface area contributed by atoms with Crippen LogP contribution < -0.4 is 15.8 Å². The predicted molar refractivity (Wildman–Crippen MR) is 71.0 cm³/mol. The summed E-state index contributed by atoms with van der Waals surface area (Å²) in [6, 6.07) is 4.69. The zero-order chi connectivity index (χ0) is 13.8. The normalized spacial score (nSPS) is 11.1. The predicted octanol–water partition coefficient (Wildman–Crippen LogP) is 2.14. The van der Waals surface area contributed by atoms with Crippen LogP contribution in [-0.2, 0) is 0 Å². The first-order valence-corrected chi connectivity index (χ1v) is 5.77. The molecule has 0 amide bonds. The number of rotatable bonds is 6. The maximum Gasteiger partial charge on any atom is 0.311 e. The van der Waals surface area contributed by atoms with Gasteiger partial charge >= 0.3 is 5.69 Å². The maximum absolute atomic E-state index is 10.8. The van der Waals surface area contributed by atoms with E-state index in [2.05, 4.69) is 5.32 Å². The summed E-state index contributed by atoms with van der Waals surface area (Å²) < 4.78 is 5.26. The van der Waals surface area contributed by atoms with Gasteiger partial charge in [0.25, 0.3) is 0 Å². The molecule has 0 bridgehead atoms. The lowest BCUT2D eigenvalue weighted by atomic mass is 10.1. The molecule has 0 aliphatic rings. The average Bonchev–Trinajstić information content (AvgIpc) is 2.25. The van der Waals surface area contributed by atoms with Gasteiger partial charge in [-0.1, -0.05) is 0 Å². The molecule has 18 heavy (non-hydrogen) atoms. The summed E-state index contributed by atoms with van der Waals surface area (Å²) in [5.74, 6) is 0.266. The minimum absolute atomic E-state index is 0.0330. The lowest BCUT2D eigenvalue weighted by Gasteiger charge is -2.20. The van der Waals surface area contributed by atoms with Crippen LogP contribution in [0.1, 0.15) is 20.8 Å². The van der Waals surface area contributed by atoms with E-state index in [4.69, 9.17) is 10.5 Å². The molecule has 1 aromatic rings. The highest BCUT2D eigenvalue weighted by Gasteiger charge is 2.16. The Morgan fingerprint density at radius 2 is 2.17 bits per heavy atom. The van der Waals surface area contributed by atoms with Gasteiger partial charge in [0.15, 0.2) is 5.75 Å². The number of hydrogen-bond donors (Lipinski definition) is 2. The van der Waals surface area contributed by atoms with Crippen molar-refractivity contribution in [3.05, 3.63) is 28.3 Å². The van der Waals surface area contributed by atoms with Crippen molar-refractivity contribution in [1.29, 1.82) is 0 Å². The molecule has 1 rings (SSSR count). The van der Waals surface area contributed by atoms with Crippen molar-refractivity contribution in [1.82, 2.24) is 0 Å². The van der Waals surface area contributed by atoms with Gasteiger partial charge in [-0.15, -0.1) is 0 Å². The fourth-order valence-electron chi connectivity index (χ4n) is 1.38. The number of nitro groups is 1. The molecule has 3 N–H and O–H groups in total. The molecule has 0 fully saturated rings. The summed E-state index contributed by atoms with van der Waals surface area (Å²) in [5.41, 5.74) is 6.22. The maximum atomic E-state index is 10.8. The number of nitrogens with zero attached hydrogens (tertiary/aromatic N) is 1. The van der Waals surface area contributed by atoms with Crippen LogP contribution >= 0.6 is 0 Å². The molecule has 0 unspecified atom stereocenters. The Balaban J connectivity index is 2.89. The van der Waals surface area contributed by atoms with Crippen molar-refractivity contribution < 1.29 is 9.66 Å². The minimum Gasteiger partial charge on any atom is -0.487 e.